The summed E-state index contributed by atoms with van der Waals surface area (Å²) in [4.78, 5) is 0. The highest BCUT2D eigenvalue weighted by Gasteiger charge is 1.99. The second-order valence-corrected chi connectivity index (χ2v) is 4.45. The first-order valence-corrected chi connectivity index (χ1v) is 6.21. The van der Waals surface area contributed by atoms with Gasteiger partial charge in [0, 0.05) is 10.5 Å². The molecule has 88 valence electrons. The van der Waals surface area contributed by atoms with Crippen LogP contribution in [-0.2, 0) is 0 Å². The number of hydrogen-bond donors (Lipinski definition) is 1. The van der Waals surface area contributed by atoms with Gasteiger partial charge >= 0.3 is 0 Å². The molecule has 0 aromatic heterocycles. The van der Waals surface area contributed by atoms with Crippen molar-refractivity contribution in [1.82, 2.24) is 5.32 Å². The number of hydrogen-bond acceptors (Lipinski definition) is 2. The van der Waals surface area contributed by atoms with Crippen LogP contribution in [0.15, 0.2) is 28.7 Å². The van der Waals surface area contributed by atoms with Gasteiger partial charge in [-0.3, -0.25) is 0 Å². The largest absolute Gasteiger partial charge is 0.497 e. The number of methoxy groups -OCH3 is 1. The zero-order valence-corrected chi connectivity index (χ0v) is 11.5. The third kappa shape index (κ3) is 3.99. The van der Waals surface area contributed by atoms with Crippen molar-refractivity contribution in [2.45, 2.75) is 19.9 Å². The van der Waals surface area contributed by atoms with Crippen LogP contribution in [0.4, 0.5) is 0 Å². The Morgan fingerprint density at radius 1 is 1.50 bits per heavy atom. The lowest BCUT2D eigenvalue weighted by molar-refractivity contribution is 0.414. The van der Waals surface area contributed by atoms with Gasteiger partial charge in [-0.15, -0.1) is 0 Å². The summed E-state index contributed by atoms with van der Waals surface area (Å²) in [5, 5.41) is 3.33. The second-order valence-electron chi connectivity index (χ2n) is 3.59. The van der Waals surface area contributed by atoms with E-state index in [4.69, 9.17) is 4.74 Å². The van der Waals surface area contributed by atoms with Crippen LogP contribution in [-0.4, -0.2) is 19.7 Å². The van der Waals surface area contributed by atoms with Crippen molar-refractivity contribution in [3.63, 3.8) is 0 Å². The average molecular weight is 284 g/mol. The topological polar surface area (TPSA) is 21.3 Å². The summed E-state index contributed by atoms with van der Waals surface area (Å²) in [6, 6.07) is 6.33. The van der Waals surface area contributed by atoms with Crippen LogP contribution in [0, 0.1) is 0 Å². The van der Waals surface area contributed by atoms with Crippen LogP contribution < -0.4 is 10.1 Å². The fourth-order valence-corrected chi connectivity index (χ4v) is 1.79. The Morgan fingerprint density at radius 3 is 2.88 bits per heavy atom. The summed E-state index contributed by atoms with van der Waals surface area (Å²) in [5.41, 5.74) is 1.13. The summed E-state index contributed by atoms with van der Waals surface area (Å²) in [6.45, 7) is 5.21. The first-order chi connectivity index (χ1) is 7.67. The van der Waals surface area contributed by atoms with Gasteiger partial charge in [0.2, 0.25) is 0 Å². The molecule has 0 fully saturated rings. The smallest absolute Gasteiger partial charge is 0.119 e. The van der Waals surface area contributed by atoms with E-state index in [0.717, 1.165) is 22.3 Å². The summed E-state index contributed by atoms with van der Waals surface area (Å²) < 4.78 is 6.27. The lowest BCUT2D eigenvalue weighted by Crippen LogP contribution is -2.22. The summed E-state index contributed by atoms with van der Waals surface area (Å²) >= 11 is 3.52. The van der Waals surface area contributed by atoms with Gasteiger partial charge in [-0.05, 0) is 37.2 Å². The highest BCUT2D eigenvalue weighted by molar-refractivity contribution is 9.10. The van der Waals surface area contributed by atoms with E-state index in [2.05, 4.69) is 47.2 Å². The minimum absolute atomic E-state index is 0.378. The molecule has 0 spiro atoms. The minimum atomic E-state index is 0.378. The summed E-state index contributed by atoms with van der Waals surface area (Å²) in [6.07, 6.45) is 4.24. The van der Waals surface area contributed by atoms with Crippen molar-refractivity contribution in [3.05, 3.63) is 34.3 Å². The summed E-state index contributed by atoms with van der Waals surface area (Å²) in [5.74, 6) is 0.874. The normalized spacial score (nSPS) is 13.0. The summed E-state index contributed by atoms with van der Waals surface area (Å²) in [7, 11) is 1.68. The number of likely N-dealkylation sites (N-methyl/N-ethyl adjacent to an activating group) is 1. The van der Waals surface area contributed by atoms with E-state index in [0.29, 0.717) is 6.04 Å². The van der Waals surface area contributed by atoms with Gasteiger partial charge in [0.1, 0.15) is 5.75 Å². The van der Waals surface area contributed by atoms with Gasteiger partial charge in [0.05, 0.1) is 7.11 Å². The molecule has 1 rings (SSSR count). The van der Waals surface area contributed by atoms with E-state index in [1.165, 1.54) is 0 Å². The minimum Gasteiger partial charge on any atom is -0.497 e. The Morgan fingerprint density at radius 2 is 2.25 bits per heavy atom. The van der Waals surface area contributed by atoms with Gasteiger partial charge in [-0.1, -0.05) is 35.0 Å². The molecule has 1 N–H and O–H groups in total. The van der Waals surface area contributed by atoms with Crippen molar-refractivity contribution in [2.24, 2.45) is 0 Å². The Kier molecular flexibility index (Phi) is 5.56. The monoisotopic (exact) mass is 283 g/mol. The molecule has 0 radical (unpaired) electrons. The maximum absolute atomic E-state index is 5.19. The van der Waals surface area contributed by atoms with Gasteiger partial charge in [-0.2, -0.15) is 0 Å². The lowest BCUT2D eigenvalue weighted by Gasteiger charge is -2.07. The molecule has 16 heavy (non-hydrogen) atoms. The number of rotatable bonds is 5. The molecule has 0 bridgehead atoms. The van der Waals surface area contributed by atoms with E-state index in [1.807, 2.05) is 18.2 Å². The van der Waals surface area contributed by atoms with E-state index < -0.39 is 0 Å². The quantitative estimate of drug-likeness (QED) is 0.894. The maximum atomic E-state index is 5.19. The van der Waals surface area contributed by atoms with Crippen LogP contribution in [0.5, 0.6) is 5.75 Å². The Labute approximate surface area is 106 Å². The standard InChI is InChI=1S/C13H18BrNO/c1-4-15-10(2)5-6-11-9-12(16-3)7-8-13(11)14/h5-10,15H,4H2,1-3H3/b6-5+. The van der Waals surface area contributed by atoms with Crippen molar-refractivity contribution in [1.29, 1.82) is 0 Å². The van der Waals surface area contributed by atoms with Crippen LogP contribution in [0.2, 0.25) is 0 Å². The van der Waals surface area contributed by atoms with Crippen molar-refractivity contribution >= 4 is 22.0 Å². The number of nitrogens with one attached hydrogen (secondary N) is 1. The van der Waals surface area contributed by atoms with E-state index >= 15 is 0 Å². The molecular formula is C13H18BrNO. The average Bonchev–Trinajstić information content (AvgIpc) is 2.28. The predicted molar refractivity (Wildman–Crippen MR) is 72.9 cm³/mol. The highest BCUT2D eigenvalue weighted by atomic mass is 79.9. The number of ether oxygens (including phenoxy) is 1. The molecule has 0 amide bonds. The van der Waals surface area contributed by atoms with Crippen molar-refractivity contribution in [3.8, 4) is 5.75 Å². The van der Waals surface area contributed by atoms with Gasteiger partial charge in [-0.25, -0.2) is 0 Å². The first kappa shape index (κ1) is 13.3. The molecule has 1 atom stereocenters. The predicted octanol–water partition coefficient (Wildman–Crippen LogP) is 3.47. The third-order valence-corrected chi connectivity index (χ3v) is 3.02. The van der Waals surface area contributed by atoms with Crippen LogP contribution in [0.25, 0.3) is 6.08 Å². The van der Waals surface area contributed by atoms with Gasteiger partial charge in [0.25, 0.3) is 0 Å². The molecule has 0 aliphatic heterocycles. The third-order valence-electron chi connectivity index (χ3n) is 2.29. The number of benzene rings is 1. The Hall–Kier alpha value is -0.800. The zero-order valence-electron chi connectivity index (χ0n) is 9.96. The lowest BCUT2D eigenvalue weighted by atomic mass is 10.1. The van der Waals surface area contributed by atoms with E-state index in [1.54, 1.807) is 7.11 Å². The first-order valence-electron chi connectivity index (χ1n) is 5.42. The van der Waals surface area contributed by atoms with Crippen LogP contribution in [0.3, 0.4) is 0 Å². The molecule has 3 heteroatoms. The molecule has 0 saturated heterocycles. The maximum Gasteiger partial charge on any atom is 0.119 e. The molecule has 0 aliphatic rings. The van der Waals surface area contributed by atoms with Crippen molar-refractivity contribution in [2.75, 3.05) is 13.7 Å². The molecule has 0 saturated carbocycles. The zero-order chi connectivity index (χ0) is 12.0. The van der Waals surface area contributed by atoms with E-state index in [-0.39, 0.29) is 0 Å². The SMILES string of the molecule is CCNC(C)/C=C/c1cc(OC)ccc1Br. The van der Waals surface area contributed by atoms with Gasteiger partial charge in [0.15, 0.2) is 0 Å². The Bertz CT molecular complexity index is 363. The highest BCUT2D eigenvalue weighted by Crippen LogP contribution is 2.23. The molecule has 0 heterocycles. The molecule has 1 aromatic rings. The molecule has 0 aliphatic carbocycles. The van der Waals surface area contributed by atoms with E-state index in [9.17, 15) is 0 Å². The molecular weight excluding hydrogens is 266 g/mol. The van der Waals surface area contributed by atoms with Gasteiger partial charge < -0.3 is 10.1 Å². The number of halogens is 1. The fourth-order valence-electron chi connectivity index (χ4n) is 1.41. The molecule has 1 unspecified atom stereocenters. The van der Waals surface area contributed by atoms with Crippen LogP contribution >= 0.6 is 15.9 Å². The second kappa shape index (κ2) is 6.71. The van der Waals surface area contributed by atoms with Crippen LogP contribution in [0.1, 0.15) is 19.4 Å². The molecule has 1 aromatic carbocycles. The fraction of sp³-hybridized carbons (Fsp3) is 0.385. The molecule has 2 nitrogen and oxygen atoms in total. The van der Waals surface area contributed by atoms with Crippen molar-refractivity contribution < 1.29 is 4.74 Å². The Balaban J connectivity index is 2.79.